The van der Waals surface area contributed by atoms with Crippen molar-refractivity contribution in [1.82, 2.24) is 14.7 Å². The van der Waals surface area contributed by atoms with Gasteiger partial charge in [0, 0.05) is 30.7 Å². The van der Waals surface area contributed by atoms with Crippen molar-refractivity contribution in [2.45, 2.75) is 13.0 Å². The second-order valence-electron chi connectivity index (χ2n) is 5.63. The number of fused-ring (bicyclic) bond motifs is 1. The van der Waals surface area contributed by atoms with Gasteiger partial charge in [-0.25, -0.2) is 4.79 Å². The Morgan fingerprint density at radius 1 is 1.54 bits per heavy atom. The van der Waals surface area contributed by atoms with E-state index in [1.54, 1.807) is 13.2 Å². The smallest absolute Gasteiger partial charge is 0.407 e. The number of carbonyl (C=O) groups excluding carboxylic acids is 1. The maximum Gasteiger partial charge on any atom is 0.407 e. The quantitative estimate of drug-likeness (QED) is 0.781. The molecule has 2 aromatic heterocycles. The Morgan fingerprint density at radius 3 is 2.92 bits per heavy atom. The lowest BCUT2D eigenvalue weighted by molar-refractivity contribution is -0.111. The lowest BCUT2D eigenvalue weighted by atomic mass is 10.0. The predicted octanol–water partition coefficient (Wildman–Crippen LogP) is 2.69. The van der Waals surface area contributed by atoms with Crippen LogP contribution in [0.25, 0.3) is 6.08 Å². The van der Waals surface area contributed by atoms with E-state index in [1.807, 2.05) is 0 Å². The van der Waals surface area contributed by atoms with Crippen molar-refractivity contribution in [3.63, 3.8) is 0 Å². The van der Waals surface area contributed by atoms with Crippen molar-refractivity contribution in [3.8, 4) is 6.07 Å². The molecule has 2 amide bonds. The van der Waals surface area contributed by atoms with Crippen molar-refractivity contribution in [3.05, 3.63) is 39.0 Å². The summed E-state index contributed by atoms with van der Waals surface area (Å²) in [6.07, 6.45) is 3.86. The molecule has 1 aliphatic rings. The highest BCUT2D eigenvalue weighted by atomic mass is 35.5. The Bertz CT molecular complexity index is 956. The summed E-state index contributed by atoms with van der Waals surface area (Å²) in [5.74, 6) is -0.420. The van der Waals surface area contributed by atoms with Gasteiger partial charge in [-0.05, 0) is 18.1 Å². The zero-order valence-corrected chi connectivity index (χ0v) is 15.3. The highest BCUT2D eigenvalue weighted by Crippen LogP contribution is 2.36. The van der Waals surface area contributed by atoms with Crippen LogP contribution in [0.2, 0.25) is 5.02 Å². The van der Waals surface area contributed by atoms with Crippen molar-refractivity contribution in [1.29, 1.82) is 5.26 Å². The van der Waals surface area contributed by atoms with E-state index < -0.39 is 12.0 Å². The first-order valence-electron chi connectivity index (χ1n) is 7.59. The number of nitrogens with one attached hydrogen (secondary N) is 1. The molecule has 0 saturated carbocycles. The van der Waals surface area contributed by atoms with E-state index in [9.17, 15) is 14.9 Å². The fourth-order valence-electron chi connectivity index (χ4n) is 2.67. The summed E-state index contributed by atoms with van der Waals surface area (Å²) in [6, 6.07) is 2.11. The zero-order chi connectivity index (χ0) is 18.8. The summed E-state index contributed by atoms with van der Waals surface area (Å²) >= 11 is 7.21. The van der Waals surface area contributed by atoms with Crippen molar-refractivity contribution < 1.29 is 14.7 Å². The molecule has 0 saturated heterocycles. The third kappa shape index (κ3) is 3.56. The van der Waals surface area contributed by atoms with E-state index >= 15 is 0 Å². The molecule has 3 heterocycles. The van der Waals surface area contributed by atoms with Crippen LogP contribution in [-0.2, 0) is 24.8 Å². The molecule has 0 fully saturated rings. The first-order valence-corrected chi connectivity index (χ1v) is 8.79. The number of halogens is 1. The molecular weight excluding hydrogens is 378 g/mol. The van der Waals surface area contributed by atoms with E-state index in [4.69, 9.17) is 16.7 Å². The van der Waals surface area contributed by atoms with Crippen molar-refractivity contribution in [2.75, 3.05) is 11.9 Å². The van der Waals surface area contributed by atoms with Gasteiger partial charge in [-0.15, -0.1) is 11.3 Å². The minimum Gasteiger partial charge on any atom is -0.465 e. The number of nitriles is 1. The maximum absolute atomic E-state index is 12.2. The van der Waals surface area contributed by atoms with E-state index in [0.717, 1.165) is 10.4 Å². The number of anilines is 1. The standard InChI is InChI=1S/C16H14ClN5O3S/c1-21-7-11(17)12(20-21)2-3-14(23)19-15-10(6-18)9-4-5-22(16(24)25)8-13(9)26-15/h2-3,7H,4-5,8H2,1H3,(H,19,23)(H,24,25). The fraction of sp³-hybridized carbons (Fsp3) is 0.250. The number of hydrogen-bond acceptors (Lipinski definition) is 5. The lowest BCUT2D eigenvalue weighted by Gasteiger charge is -2.23. The summed E-state index contributed by atoms with van der Waals surface area (Å²) < 4.78 is 1.54. The summed E-state index contributed by atoms with van der Waals surface area (Å²) in [6.45, 7) is 0.554. The fourth-order valence-corrected chi connectivity index (χ4v) is 4.13. The average Bonchev–Trinajstić information content (AvgIpc) is 3.10. The van der Waals surface area contributed by atoms with E-state index in [-0.39, 0.29) is 6.54 Å². The normalized spacial score (nSPS) is 13.5. The molecule has 2 aromatic rings. The molecule has 0 bridgehead atoms. The molecule has 10 heteroatoms. The molecule has 0 aromatic carbocycles. The van der Waals surface area contributed by atoms with Crippen LogP contribution in [0.15, 0.2) is 12.3 Å². The van der Waals surface area contributed by atoms with E-state index in [1.165, 1.54) is 33.1 Å². The molecule has 0 atom stereocenters. The van der Waals surface area contributed by atoms with Gasteiger partial charge in [0.2, 0.25) is 5.91 Å². The Morgan fingerprint density at radius 2 is 2.31 bits per heavy atom. The summed E-state index contributed by atoms with van der Waals surface area (Å²) in [7, 11) is 1.72. The first-order chi connectivity index (χ1) is 12.4. The number of hydrogen-bond donors (Lipinski definition) is 2. The Balaban J connectivity index is 1.78. The minimum absolute atomic E-state index is 0.221. The van der Waals surface area contributed by atoms with Crippen LogP contribution >= 0.6 is 22.9 Å². The number of carbonyl (C=O) groups is 2. The lowest BCUT2D eigenvalue weighted by Crippen LogP contribution is -2.34. The third-order valence-corrected chi connectivity index (χ3v) is 5.30. The van der Waals surface area contributed by atoms with Crippen LogP contribution in [0.3, 0.4) is 0 Å². The number of thiophene rings is 1. The maximum atomic E-state index is 12.2. The van der Waals surface area contributed by atoms with Gasteiger partial charge < -0.3 is 15.3 Å². The average molecular weight is 392 g/mol. The number of aryl methyl sites for hydroxylation is 1. The van der Waals surface area contributed by atoms with Gasteiger partial charge in [0.05, 0.1) is 17.1 Å². The van der Waals surface area contributed by atoms with Gasteiger partial charge in [0.25, 0.3) is 0 Å². The van der Waals surface area contributed by atoms with Gasteiger partial charge in [-0.2, -0.15) is 10.4 Å². The summed E-state index contributed by atoms with van der Waals surface area (Å²) in [5, 5.41) is 26.2. The van der Waals surface area contributed by atoms with Gasteiger partial charge in [-0.1, -0.05) is 11.6 Å². The Kier molecular flexibility index (Phi) is 4.97. The molecule has 1 aliphatic heterocycles. The molecule has 26 heavy (non-hydrogen) atoms. The largest absolute Gasteiger partial charge is 0.465 e. The molecule has 8 nitrogen and oxygen atoms in total. The van der Waals surface area contributed by atoms with Gasteiger partial charge >= 0.3 is 6.09 Å². The molecule has 0 radical (unpaired) electrons. The Hall–Kier alpha value is -2.83. The molecule has 0 unspecified atom stereocenters. The number of rotatable bonds is 3. The minimum atomic E-state index is -0.997. The van der Waals surface area contributed by atoms with Crippen LogP contribution in [0.5, 0.6) is 0 Å². The molecular formula is C16H14ClN5O3S. The van der Waals surface area contributed by atoms with Gasteiger partial charge in [0.1, 0.15) is 16.8 Å². The molecule has 2 N–H and O–H groups in total. The topological polar surface area (TPSA) is 111 Å². The predicted molar refractivity (Wildman–Crippen MR) is 97.1 cm³/mol. The van der Waals surface area contributed by atoms with Gasteiger partial charge in [-0.3, -0.25) is 9.48 Å². The number of carboxylic acid groups (broad SMARTS) is 1. The molecule has 0 aliphatic carbocycles. The van der Waals surface area contributed by atoms with Crippen molar-refractivity contribution >= 4 is 46.0 Å². The SMILES string of the molecule is Cn1cc(Cl)c(C=CC(=O)Nc2sc3c(c2C#N)CCN(C(=O)O)C3)n1. The molecule has 134 valence electrons. The van der Waals surface area contributed by atoms with E-state index in [0.29, 0.717) is 34.2 Å². The summed E-state index contributed by atoms with van der Waals surface area (Å²) in [4.78, 5) is 25.4. The van der Waals surface area contributed by atoms with Crippen LogP contribution in [-0.4, -0.2) is 38.3 Å². The second-order valence-corrected chi connectivity index (χ2v) is 7.14. The number of amides is 2. The van der Waals surface area contributed by atoms with Crippen molar-refractivity contribution in [2.24, 2.45) is 7.05 Å². The van der Waals surface area contributed by atoms with Crippen LogP contribution < -0.4 is 5.32 Å². The highest BCUT2D eigenvalue weighted by Gasteiger charge is 2.27. The molecule has 0 spiro atoms. The molecule has 3 rings (SSSR count). The van der Waals surface area contributed by atoms with Crippen LogP contribution in [0.1, 0.15) is 21.7 Å². The third-order valence-electron chi connectivity index (χ3n) is 3.88. The second kappa shape index (κ2) is 7.19. The van der Waals surface area contributed by atoms with E-state index in [2.05, 4.69) is 16.5 Å². The highest BCUT2D eigenvalue weighted by molar-refractivity contribution is 7.16. The van der Waals surface area contributed by atoms with Crippen LogP contribution in [0, 0.1) is 11.3 Å². The number of nitrogens with zero attached hydrogens (tertiary/aromatic N) is 4. The van der Waals surface area contributed by atoms with Gasteiger partial charge in [0.15, 0.2) is 0 Å². The summed E-state index contributed by atoms with van der Waals surface area (Å²) in [5.41, 5.74) is 1.67. The van der Waals surface area contributed by atoms with Crippen LogP contribution in [0.4, 0.5) is 9.80 Å². The monoisotopic (exact) mass is 391 g/mol. The Labute approximate surface area is 157 Å². The number of aromatic nitrogens is 2. The first kappa shape index (κ1) is 18.0. The zero-order valence-electron chi connectivity index (χ0n) is 13.7.